The molecule has 0 aliphatic rings. The molecule has 0 saturated heterocycles. The van der Waals surface area contributed by atoms with Crippen LogP contribution in [0.25, 0.3) is 0 Å². The molecule has 0 aromatic heterocycles. The van der Waals surface area contributed by atoms with Gasteiger partial charge in [-0.2, -0.15) is 0 Å². The number of hydrogen-bond donors (Lipinski definition) is 3. The monoisotopic (exact) mass is 343 g/mol. The summed E-state index contributed by atoms with van der Waals surface area (Å²) in [5, 5.41) is 11.5. The van der Waals surface area contributed by atoms with Crippen LogP contribution in [0.4, 0.5) is 11.4 Å². The van der Waals surface area contributed by atoms with Crippen LogP contribution >= 0.6 is 0 Å². The van der Waals surface area contributed by atoms with Gasteiger partial charge >= 0.3 is 0 Å². The van der Waals surface area contributed by atoms with Gasteiger partial charge in [0.15, 0.2) is 0 Å². The summed E-state index contributed by atoms with van der Waals surface area (Å²) in [5.41, 5.74) is 3.33. The number of benzene rings is 2. The molecule has 0 atom stereocenters. The van der Waals surface area contributed by atoms with Gasteiger partial charge in [-0.1, -0.05) is 18.2 Å². The normalized spacial score (nSPS) is 10.5. The van der Waals surface area contributed by atoms with E-state index in [1.54, 1.807) is 36.4 Å². The Morgan fingerprint density at radius 1 is 1.12 bits per heavy atom. The van der Waals surface area contributed by atoms with E-state index in [0.29, 0.717) is 41.7 Å². The summed E-state index contributed by atoms with van der Waals surface area (Å²) in [7, 11) is 0. The van der Waals surface area contributed by atoms with Crippen LogP contribution in [0.3, 0.4) is 0 Å². The summed E-state index contributed by atoms with van der Waals surface area (Å²) < 4.78 is 11.2. The summed E-state index contributed by atoms with van der Waals surface area (Å²) in [6.07, 6.45) is 1.12. The van der Waals surface area contributed by atoms with E-state index in [1.165, 1.54) is 0 Å². The first-order valence-electron chi connectivity index (χ1n) is 7.91. The maximum absolute atomic E-state index is 12.4. The van der Waals surface area contributed by atoms with Crippen molar-refractivity contribution < 1.29 is 19.5 Å². The molecule has 0 saturated carbocycles. The molecule has 7 heteroatoms. The van der Waals surface area contributed by atoms with E-state index in [2.05, 4.69) is 10.3 Å². The number of ether oxygens (including phenoxy) is 2. The van der Waals surface area contributed by atoms with Crippen molar-refractivity contribution in [2.24, 2.45) is 4.99 Å². The van der Waals surface area contributed by atoms with Gasteiger partial charge in [0.2, 0.25) is 0 Å². The number of carbonyl (C=O) groups excluding carboxylic acids is 1. The van der Waals surface area contributed by atoms with Gasteiger partial charge in [-0.05, 0) is 26.0 Å². The number of nitrogens with one attached hydrogen (secondary N) is 2. The number of aliphatic imine (C=N–C) groups is 1. The fourth-order valence-electron chi connectivity index (χ4n) is 2.18. The standard InChI is InChI=1S/C18H21N3O4/c1-3-24-16-11-15(21-18(22)13-8-6-5-7-9-13)17(25-4-2)10-14(16)19-12-20-23/h5-12,23H,3-4H2,1-2H3,(H,19,20)(H,21,22). The highest BCUT2D eigenvalue weighted by Crippen LogP contribution is 2.38. The fourth-order valence-corrected chi connectivity index (χ4v) is 2.18. The van der Waals surface area contributed by atoms with Crippen molar-refractivity contribution in [2.45, 2.75) is 13.8 Å². The van der Waals surface area contributed by atoms with E-state index in [1.807, 2.05) is 25.4 Å². The molecular weight excluding hydrogens is 322 g/mol. The van der Waals surface area contributed by atoms with Crippen LogP contribution < -0.4 is 20.3 Å². The quantitative estimate of drug-likeness (QED) is 0.388. The van der Waals surface area contributed by atoms with E-state index in [-0.39, 0.29) is 5.91 Å². The number of hydrogen-bond acceptors (Lipinski definition) is 5. The lowest BCUT2D eigenvalue weighted by Crippen LogP contribution is -2.13. The lowest BCUT2D eigenvalue weighted by molar-refractivity contribution is 0.102. The Morgan fingerprint density at radius 3 is 2.44 bits per heavy atom. The van der Waals surface area contributed by atoms with Crippen molar-refractivity contribution in [3.8, 4) is 11.5 Å². The Hall–Kier alpha value is -3.06. The number of hydroxylamine groups is 1. The number of carbonyl (C=O) groups is 1. The summed E-state index contributed by atoms with van der Waals surface area (Å²) in [6.45, 7) is 4.53. The minimum atomic E-state index is -0.253. The van der Waals surface area contributed by atoms with Gasteiger partial charge in [0.1, 0.15) is 23.5 Å². The molecule has 1 amide bonds. The summed E-state index contributed by atoms with van der Waals surface area (Å²) in [6, 6.07) is 12.2. The smallest absolute Gasteiger partial charge is 0.255 e. The van der Waals surface area contributed by atoms with Crippen molar-refractivity contribution in [2.75, 3.05) is 18.5 Å². The first-order valence-corrected chi connectivity index (χ1v) is 7.91. The lowest BCUT2D eigenvalue weighted by Gasteiger charge is -2.15. The molecule has 25 heavy (non-hydrogen) atoms. The molecule has 0 bridgehead atoms. The Balaban J connectivity index is 2.38. The van der Waals surface area contributed by atoms with Crippen molar-refractivity contribution in [1.82, 2.24) is 5.48 Å². The molecule has 2 rings (SSSR count). The Kier molecular flexibility index (Phi) is 6.79. The largest absolute Gasteiger partial charge is 0.492 e. The molecule has 2 aromatic carbocycles. The van der Waals surface area contributed by atoms with E-state index in [0.717, 1.165) is 6.34 Å². The summed E-state index contributed by atoms with van der Waals surface area (Å²) >= 11 is 0. The summed E-state index contributed by atoms with van der Waals surface area (Å²) in [5.74, 6) is 0.665. The minimum absolute atomic E-state index is 0.253. The maximum atomic E-state index is 12.4. The molecule has 3 N–H and O–H groups in total. The minimum Gasteiger partial charge on any atom is -0.492 e. The number of anilines is 1. The Labute approximate surface area is 146 Å². The molecule has 132 valence electrons. The molecule has 0 aliphatic heterocycles. The van der Waals surface area contributed by atoms with Gasteiger partial charge in [0, 0.05) is 17.7 Å². The Morgan fingerprint density at radius 2 is 1.80 bits per heavy atom. The van der Waals surface area contributed by atoms with Crippen molar-refractivity contribution in [3.05, 3.63) is 48.0 Å². The fraction of sp³-hybridized carbons (Fsp3) is 0.222. The van der Waals surface area contributed by atoms with Crippen LogP contribution in [-0.4, -0.2) is 30.7 Å². The van der Waals surface area contributed by atoms with Gasteiger partial charge < -0.3 is 14.8 Å². The van der Waals surface area contributed by atoms with Crippen molar-refractivity contribution >= 4 is 23.6 Å². The molecular formula is C18H21N3O4. The SMILES string of the molecule is CCOc1cc(NC(=O)c2ccccc2)c(OCC)cc1N=CNO. The highest BCUT2D eigenvalue weighted by atomic mass is 16.5. The zero-order valence-corrected chi connectivity index (χ0v) is 14.2. The van der Waals surface area contributed by atoms with Gasteiger partial charge in [0.05, 0.1) is 18.9 Å². The van der Waals surface area contributed by atoms with E-state index in [9.17, 15) is 4.79 Å². The number of amides is 1. The second-order valence-corrected chi connectivity index (χ2v) is 4.89. The van der Waals surface area contributed by atoms with Crippen LogP contribution in [0.1, 0.15) is 24.2 Å². The van der Waals surface area contributed by atoms with Gasteiger partial charge in [-0.25, -0.2) is 4.99 Å². The van der Waals surface area contributed by atoms with Crippen LogP contribution in [0.2, 0.25) is 0 Å². The van der Waals surface area contributed by atoms with E-state index in [4.69, 9.17) is 14.7 Å². The van der Waals surface area contributed by atoms with Crippen molar-refractivity contribution in [3.63, 3.8) is 0 Å². The third-order valence-corrected chi connectivity index (χ3v) is 3.21. The van der Waals surface area contributed by atoms with Gasteiger partial charge in [-0.3, -0.25) is 15.5 Å². The average Bonchev–Trinajstić information content (AvgIpc) is 2.63. The van der Waals surface area contributed by atoms with Crippen molar-refractivity contribution in [1.29, 1.82) is 0 Å². The zero-order chi connectivity index (χ0) is 18.1. The zero-order valence-electron chi connectivity index (χ0n) is 14.2. The molecule has 7 nitrogen and oxygen atoms in total. The van der Waals surface area contributed by atoms with Crippen LogP contribution in [0, 0.1) is 0 Å². The molecule has 0 aliphatic carbocycles. The number of rotatable bonds is 8. The second kappa shape index (κ2) is 9.29. The third kappa shape index (κ3) is 4.95. The molecule has 0 unspecified atom stereocenters. The second-order valence-electron chi connectivity index (χ2n) is 4.89. The molecule has 0 spiro atoms. The van der Waals surface area contributed by atoms with Crippen LogP contribution in [-0.2, 0) is 0 Å². The third-order valence-electron chi connectivity index (χ3n) is 3.21. The molecule has 0 heterocycles. The predicted octanol–water partition coefficient (Wildman–Crippen LogP) is 3.37. The average molecular weight is 343 g/mol. The first kappa shape index (κ1) is 18.3. The molecule has 2 aromatic rings. The van der Waals surface area contributed by atoms with Crippen LogP contribution in [0.15, 0.2) is 47.5 Å². The van der Waals surface area contributed by atoms with E-state index < -0.39 is 0 Å². The van der Waals surface area contributed by atoms with Crippen LogP contribution in [0.5, 0.6) is 11.5 Å². The van der Waals surface area contributed by atoms with Gasteiger partial charge in [-0.15, -0.1) is 0 Å². The molecule has 0 radical (unpaired) electrons. The van der Waals surface area contributed by atoms with Gasteiger partial charge in [0.25, 0.3) is 5.91 Å². The highest BCUT2D eigenvalue weighted by molar-refractivity contribution is 6.05. The molecule has 0 fully saturated rings. The van der Waals surface area contributed by atoms with E-state index >= 15 is 0 Å². The predicted molar refractivity (Wildman–Crippen MR) is 96.2 cm³/mol. The summed E-state index contributed by atoms with van der Waals surface area (Å²) in [4.78, 5) is 16.5. The Bertz CT molecular complexity index is 733. The first-order chi connectivity index (χ1) is 12.2. The number of nitrogens with zero attached hydrogens (tertiary/aromatic N) is 1. The lowest BCUT2D eigenvalue weighted by atomic mass is 10.2. The topological polar surface area (TPSA) is 92.2 Å². The highest BCUT2D eigenvalue weighted by Gasteiger charge is 2.15. The maximum Gasteiger partial charge on any atom is 0.255 e.